The zero-order chi connectivity index (χ0) is 14.8. The zero-order valence-electron chi connectivity index (χ0n) is 11.9. The smallest absolute Gasteiger partial charge is 0.284 e. The van der Waals surface area contributed by atoms with Gasteiger partial charge in [0.25, 0.3) is 11.4 Å². The van der Waals surface area contributed by atoms with E-state index in [4.69, 9.17) is 4.52 Å². The molecule has 0 aliphatic heterocycles. The Kier molecular flexibility index (Phi) is 3.43. The first-order chi connectivity index (χ1) is 10.2. The summed E-state index contributed by atoms with van der Waals surface area (Å²) in [4.78, 5) is 16.7. The lowest BCUT2D eigenvalue weighted by atomic mass is 10.1. The maximum atomic E-state index is 12.4. The molecule has 0 radical (unpaired) electrons. The Balaban J connectivity index is 2.00. The summed E-state index contributed by atoms with van der Waals surface area (Å²) in [5.74, 6) is 1.08. The first-order valence-corrected chi connectivity index (χ1v) is 6.90. The molecule has 1 atom stereocenters. The topological polar surface area (TPSA) is 76.7 Å². The minimum absolute atomic E-state index is 0.206. The fourth-order valence-electron chi connectivity index (χ4n) is 2.02. The van der Waals surface area contributed by atoms with Gasteiger partial charge in [-0.25, -0.2) is 4.68 Å². The summed E-state index contributed by atoms with van der Waals surface area (Å²) in [5.41, 5.74) is 0.928. The monoisotopic (exact) mass is 284 g/mol. The molecular formula is C15H16N4O2. The highest BCUT2D eigenvalue weighted by atomic mass is 16.5. The molecule has 1 unspecified atom stereocenters. The van der Waals surface area contributed by atoms with E-state index in [-0.39, 0.29) is 17.4 Å². The van der Waals surface area contributed by atoms with Crippen molar-refractivity contribution in [2.75, 3.05) is 0 Å². The average molecular weight is 284 g/mol. The Hall–Kier alpha value is -2.63. The number of rotatable bonds is 4. The molecule has 0 spiro atoms. The predicted molar refractivity (Wildman–Crippen MR) is 78.4 cm³/mol. The lowest BCUT2D eigenvalue weighted by Crippen LogP contribution is -2.15. The molecule has 0 aliphatic carbocycles. The first kappa shape index (κ1) is 13.4. The molecular weight excluding hydrogens is 268 g/mol. The summed E-state index contributed by atoms with van der Waals surface area (Å²) in [6.45, 7) is 4.08. The van der Waals surface area contributed by atoms with Gasteiger partial charge in [-0.1, -0.05) is 37.2 Å². The Morgan fingerprint density at radius 1 is 1.33 bits per heavy atom. The molecule has 21 heavy (non-hydrogen) atoms. The summed E-state index contributed by atoms with van der Waals surface area (Å²) in [6, 6.07) is 9.33. The average Bonchev–Trinajstić information content (AvgIpc) is 3.14. The van der Waals surface area contributed by atoms with Crippen LogP contribution in [0.15, 0.2) is 45.8 Å². The van der Waals surface area contributed by atoms with E-state index in [0.29, 0.717) is 11.4 Å². The predicted octanol–water partition coefficient (Wildman–Crippen LogP) is 2.73. The molecule has 0 saturated carbocycles. The normalized spacial score (nSPS) is 12.5. The molecule has 0 aliphatic rings. The van der Waals surface area contributed by atoms with E-state index in [1.807, 2.05) is 37.3 Å². The number of nitrogens with one attached hydrogen (secondary N) is 1. The number of aromatic amines is 1. The van der Waals surface area contributed by atoms with Crippen LogP contribution in [0.2, 0.25) is 0 Å². The molecule has 1 aromatic carbocycles. The van der Waals surface area contributed by atoms with Crippen LogP contribution >= 0.6 is 0 Å². The van der Waals surface area contributed by atoms with E-state index in [0.717, 1.165) is 12.1 Å². The summed E-state index contributed by atoms with van der Waals surface area (Å²) < 4.78 is 6.66. The van der Waals surface area contributed by atoms with Gasteiger partial charge in [-0.2, -0.15) is 4.98 Å². The van der Waals surface area contributed by atoms with E-state index in [1.54, 1.807) is 6.20 Å². The van der Waals surface area contributed by atoms with Crippen molar-refractivity contribution >= 4 is 0 Å². The van der Waals surface area contributed by atoms with Gasteiger partial charge in [-0.3, -0.25) is 9.89 Å². The quantitative estimate of drug-likeness (QED) is 0.799. The van der Waals surface area contributed by atoms with Crippen molar-refractivity contribution < 1.29 is 4.52 Å². The highest BCUT2D eigenvalue weighted by molar-refractivity contribution is 5.51. The van der Waals surface area contributed by atoms with Crippen molar-refractivity contribution in [3.05, 3.63) is 52.7 Å². The highest BCUT2D eigenvalue weighted by Gasteiger charge is 2.18. The summed E-state index contributed by atoms with van der Waals surface area (Å²) in [7, 11) is 0. The molecule has 3 rings (SSSR count). The van der Waals surface area contributed by atoms with Gasteiger partial charge in [0.15, 0.2) is 5.82 Å². The van der Waals surface area contributed by atoms with Gasteiger partial charge in [0.2, 0.25) is 0 Å². The maximum absolute atomic E-state index is 12.4. The fourth-order valence-corrected chi connectivity index (χ4v) is 2.02. The van der Waals surface area contributed by atoms with E-state index < -0.39 is 0 Å². The third kappa shape index (κ3) is 2.40. The van der Waals surface area contributed by atoms with Gasteiger partial charge in [0.1, 0.15) is 5.56 Å². The Labute approximate surface area is 121 Å². The maximum Gasteiger partial charge on any atom is 0.284 e. The third-order valence-electron chi connectivity index (χ3n) is 3.51. The number of nitrogens with zero attached hydrogens (tertiary/aromatic N) is 3. The lowest BCUT2D eigenvalue weighted by molar-refractivity contribution is 0.416. The van der Waals surface area contributed by atoms with Crippen molar-refractivity contribution in [1.82, 2.24) is 19.9 Å². The standard InChI is InChI=1S/C15H16N4O2/c1-3-10(2)13-17-14(21-18-13)12-9-16-19(15(12)20)11-7-5-4-6-8-11/h4-10,16H,3H2,1-2H3. The number of H-pyrrole nitrogens is 1. The number of benzene rings is 1. The van der Waals surface area contributed by atoms with Crippen LogP contribution in [0.1, 0.15) is 32.0 Å². The Morgan fingerprint density at radius 2 is 2.10 bits per heavy atom. The number of hydrogen-bond donors (Lipinski definition) is 1. The van der Waals surface area contributed by atoms with Crippen LogP contribution in [0.4, 0.5) is 0 Å². The zero-order valence-corrected chi connectivity index (χ0v) is 11.9. The van der Waals surface area contributed by atoms with Gasteiger partial charge in [0.05, 0.1) is 5.69 Å². The molecule has 2 heterocycles. The SMILES string of the molecule is CCC(C)c1noc(-c2c[nH]n(-c3ccccc3)c2=O)n1. The molecule has 6 heteroatoms. The molecule has 1 N–H and O–H groups in total. The second kappa shape index (κ2) is 5.40. The molecule has 0 bridgehead atoms. The van der Waals surface area contributed by atoms with Crippen molar-refractivity contribution in [3.8, 4) is 17.1 Å². The molecule has 108 valence electrons. The van der Waals surface area contributed by atoms with Crippen LogP contribution in [0.25, 0.3) is 17.1 Å². The van der Waals surface area contributed by atoms with E-state index >= 15 is 0 Å². The van der Waals surface area contributed by atoms with Crippen LogP contribution in [-0.4, -0.2) is 19.9 Å². The third-order valence-corrected chi connectivity index (χ3v) is 3.51. The van der Waals surface area contributed by atoms with E-state index in [1.165, 1.54) is 4.68 Å². The van der Waals surface area contributed by atoms with Gasteiger partial charge in [-0.05, 0) is 18.6 Å². The van der Waals surface area contributed by atoms with Crippen molar-refractivity contribution in [3.63, 3.8) is 0 Å². The summed E-state index contributed by atoms with van der Waals surface area (Å²) in [6.07, 6.45) is 2.50. The van der Waals surface area contributed by atoms with Crippen LogP contribution in [-0.2, 0) is 0 Å². The van der Waals surface area contributed by atoms with Crippen molar-refractivity contribution in [1.29, 1.82) is 0 Å². The van der Waals surface area contributed by atoms with Gasteiger partial charge < -0.3 is 4.52 Å². The summed E-state index contributed by atoms with van der Waals surface area (Å²) >= 11 is 0. The molecule has 0 fully saturated rings. The molecule has 0 amide bonds. The van der Waals surface area contributed by atoms with Gasteiger partial charge in [-0.15, -0.1) is 0 Å². The highest BCUT2D eigenvalue weighted by Crippen LogP contribution is 2.19. The van der Waals surface area contributed by atoms with Crippen LogP contribution < -0.4 is 5.56 Å². The van der Waals surface area contributed by atoms with Crippen LogP contribution in [0, 0.1) is 0 Å². The van der Waals surface area contributed by atoms with E-state index in [9.17, 15) is 4.79 Å². The molecule has 2 aromatic heterocycles. The van der Waals surface area contributed by atoms with Crippen molar-refractivity contribution in [2.24, 2.45) is 0 Å². The number of aromatic nitrogens is 4. The largest absolute Gasteiger partial charge is 0.334 e. The summed E-state index contributed by atoms with van der Waals surface area (Å²) in [5, 5.41) is 6.86. The number of hydrogen-bond acceptors (Lipinski definition) is 4. The second-order valence-electron chi connectivity index (χ2n) is 4.93. The van der Waals surface area contributed by atoms with Crippen LogP contribution in [0.3, 0.4) is 0 Å². The van der Waals surface area contributed by atoms with Crippen molar-refractivity contribution in [2.45, 2.75) is 26.2 Å². The lowest BCUT2D eigenvalue weighted by Gasteiger charge is -1.99. The Morgan fingerprint density at radius 3 is 2.81 bits per heavy atom. The molecule has 0 saturated heterocycles. The molecule has 3 aromatic rings. The first-order valence-electron chi connectivity index (χ1n) is 6.90. The minimum Gasteiger partial charge on any atom is -0.334 e. The van der Waals surface area contributed by atoms with E-state index in [2.05, 4.69) is 22.2 Å². The second-order valence-corrected chi connectivity index (χ2v) is 4.93. The Bertz CT molecular complexity index is 785. The number of para-hydroxylation sites is 1. The van der Waals surface area contributed by atoms with Gasteiger partial charge in [0, 0.05) is 12.1 Å². The molecule has 6 nitrogen and oxygen atoms in total. The van der Waals surface area contributed by atoms with Crippen LogP contribution in [0.5, 0.6) is 0 Å². The van der Waals surface area contributed by atoms with Gasteiger partial charge >= 0.3 is 0 Å². The minimum atomic E-state index is -0.208. The fraction of sp³-hybridized carbons (Fsp3) is 0.267.